The summed E-state index contributed by atoms with van der Waals surface area (Å²) in [5.41, 5.74) is 1.40. The molecule has 2 aromatic carbocycles. The van der Waals surface area contributed by atoms with Crippen molar-refractivity contribution in [3.63, 3.8) is 0 Å². The van der Waals surface area contributed by atoms with Gasteiger partial charge in [-0.3, -0.25) is 4.79 Å². The SMILES string of the molecule is CCOC(=O)c1oc2cccc(O)c2c1N(Cc1ccccc1)C(C)=O. The van der Waals surface area contributed by atoms with E-state index in [0.717, 1.165) is 5.56 Å². The van der Waals surface area contributed by atoms with Crippen LogP contribution in [0, 0.1) is 0 Å². The molecule has 0 aliphatic carbocycles. The molecule has 3 rings (SSSR count). The lowest BCUT2D eigenvalue weighted by Gasteiger charge is -2.21. The van der Waals surface area contributed by atoms with Crippen molar-refractivity contribution in [2.45, 2.75) is 20.4 Å². The molecule has 0 saturated heterocycles. The second kappa shape index (κ2) is 7.31. The first kappa shape index (κ1) is 17.5. The van der Waals surface area contributed by atoms with Gasteiger partial charge < -0.3 is 19.2 Å². The van der Waals surface area contributed by atoms with Crippen molar-refractivity contribution in [3.05, 3.63) is 59.9 Å². The fourth-order valence-corrected chi connectivity index (χ4v) is 2.82. The van der Waals surface area contributed by atoms with Crippen molar-refractivity contribution in [3.8, 4) is 5.75 Å². The molecule has 3 aromatic rings. The van der Waals surface area contributed by atoms with Crippen molar-refractivity contribution in [2.24, 2.45) is 0 Å². The van der Waals surface area contributed by atoms with Crippen LogP contribution in [-0.2, 0) is 16.1 Å². The number of benzene rings is 2. The van der Waals surface area contributed by atoms with Gasteiger partial charge in [0.2, 0.25) is 11.7 Å². The summed E-state index contributed by atoms with van der Waals surface area (Å²) in [6.45, 7) is 3.48. The van der Waals surface area contributed by atoms with Crippen LogP contribution in [0.1, 0.15) is 30.0 Å². The number of rotatable bonds is 5. The average Bonchev–Trinajstić information content (AvgIpc) is 3.01. The van der Waals surface area contributed by atoms with Crippen LogP contribution in [0.15, 0.2) is 52.9 Å². The number of aromatic hydroxyl groups is 1. The number of hydrogen-bond donors (Lipinski definition) is 1. The normalized spacial score (nSPS) is 10.7. The Kier molecular flexibility index (Phi) is 4.93. The van der Waals surface area contributed by atoms with E-state index in [9.17, 15) is 14.7 Å². The Morgan fingerprint density at radius 2 is 1.85 bits per heavy atom. The first-order chi connectivity index (χ1) is 12.5. The Labute approximate surface area is 150 Å². The van der Waals surface area contributed by atoms with Gasteiger partial charge in [-0.05, 0) is 24.6 Å². The molecule has 0 bridgehead atoms. The molecule has 0 atom stereocenters. The minimum absolute atomic E-state index is 0.0730. The highest BCUT2D eigenvalue weighted by Crippen LogP contribution is 2.40. The molecule has 0 aliphatic heterocycles. The maximum absolute atomic E-state index is 12.4. The number of phenols is 1. The first-order valence-corrected chi connectivity index (χ1v) is 8.26. The summed E-state index contributed by atoms with van der Waals surface area (Å²) >= 11 is 0. The number of carbonyl (C=O) groups excluding carboxylic acids is 2. The smallest absolute Gasteiger partial charge is 0.376 e. The van der Waals surface area contributed by atoms with E-state index in [4.69, 9.17) is 9.15 Å². The van der Waals surface area contributed by atoms with Crippen LogP contribution in [0.4, 0.5) is 5.69 Å². The van der Waals surface area contributed by atoms with Crippen LogP contribution < -0.4 is 4.90 Å². The molecule has 26 heavy (non-hydrogen) atoms. The highest BCUT2D eigenvalue weighted by Gasteiger charge is 2.29. The number of anilines is 1. The number of furan rings is 1. The lowest BCUT2D eigenvalue weighted by molar-refractivity contribution is -0.116. The third-order valence-electron chi connectivity index (χ3n) is 3.96. The Hall–Kier alpha value is -3.28. The van der Waals surface area contributed by atoms with Gasteiger partial charge in [0.25, 0.3) is 0 Å². The monoisotopic (exact) mass is 353 g/mol. The topological polar surface area (TPSA) is 80.0 Å². The van der Waals surface area contributed by atoms with E-state index < -0.39 is 5.97 Å². The summed E-state index contributed by atoms with van der Waals surface area (Å²) in [5.74, 6) is -1.15. The summed E-state index contributed by atoms with van der Waals surface area (Å²) < 4.78 is 10.7. The van der Waals surface area contributed by atoms with Crippen LogP contribution in [0.5, 0.6) is 5.75 Å². The number of fused-ring (bicyclic) bond motifs is 1. The van der Waals surface area contributed by atoms with Gasteiger partial charge in [-0.15, -0.1) is 0 Å². The van der Waals surface area contributed by atoms with Crippen molar-refractivity contribution >= 4 is 28.5 Å². The first-order valence-electron chi connectivity index (χ1n) is 8.26. The van der Waals surface area contributed by atoms with Crippen molar-refractivity contribution in [1.29, 1.82) is 0 Å². The van der Waals surface area contributed by atoms with Gasteiger partial charge in [0.05, 0.1) is 18.5 Å². The Bertz CT molecular complexity index is 945. The number of phenolic OH excluding ortho intramolecular Hbond substituents is 1. The van der Waals surface area contributed by atoms with Gasteiger partial charge in [0.1, 0.15) is 17.0 Å². The second-order valence-electron chi connectivity index (χ2n) is 5.74. The fourth-order valence-electron chi connectivity index (χ4n) is 2.82. The molecule has 1 amide bonds. The van der Waals surface area contributed by atoms with Crippen LogP contribution >= 0.6 is 0 Å². The molecule has 6 nitrogen and oxygen atoms in total. The maximum atomic E-state index is 12.4. The molecule has 1 aromatic heterocycles. The summed E-state index contributed by atoms with van der Waals surface area (Å²) in [6, 6.07) is 14.1. The standard InChI is InChI=1S/C20H19NO5/c1-3-25-20(24)19-18(17-15(23)10-7-11-16(17)26-19)21(13(2)22)12-14-8-5-4-6-9-14/h4-11,23H,3,12H2,1-2H3. The minimum atomic E-state index is -0.683. The lowest BCUT2D eigenvalue weighted by atomic mass is 10.1. The molecule has 0 spiro atoms. The van der Waals surface area contributed by atoms with E-state index in [1.807, 2.05) is 30.3 Å². The van der Waals surface area contributed by atoms with Gasteiger partial charge in [-0.2, -0.15) is 0 Å². The molecule has 1 N–H and O–H groups in total. The average molecular weight is 353 g/mol. The number of esters is 1. The molecule has 0 unspecified atom stereocenters. The summed E-state index contributed by atoms with van der Waals surface area (Å²) in [5, 5.41) is 10.6. The van der Waals surface area contributed by atoms with E-state index >= 15 is 0 Å². The lowest BCUT2D eigenvalue weighted by Crippen LogP contribution is -2.29. The fraction of sp³-hybridized carbons (Fsp3) is 0.200. The predicted molar refractivity (Wildman–Crippen MR) is 97.1 cm³/mol. The van der Waals surface area contributed by atoms with E-state index in [2.05, 4.69) is 0 Å². The largest absolute Gasteiger partial charge is 0.507 e. The number of carbonyl (C=O) groups is 2. The number of ether oxygens (including phenoxy) is 1. The van der Waals surface area contributed by atoms with E-state index in [0.29, 0.717) is 11.0 Å². The van der Waals surface area contributed by atoms with Crippen molar-refractivity contribution in [1.82, 2.24) is 0 Å². The Morgan fingerprint density at radius 1 is 1.12 bits per heavy atom. The number of hydrogen-bond acceptors (Lipinski definition) is 5. The summed E-state index contributed by atoms with van der Waals surface area (Å²) in [7, 11) is 0. The number of amides is 1. The Balaban J connectivity index is 2.20. The molecule has 0 saturated carbocycles. The zero-order valence-corrected chi connectivity index (χ0v) is 14.6. The second-order valence-corrected chi connectivity index (χ2v) is 5.74. The molecule has 134 valence electrons. The molecule has 0 aliphatic rings. The third kappa shape index (κ3) is 3.26. The van der Waals surface area contributed by atoms with Gasteiger partial charge in [0, 0.05) is 6.92 Å². The summed E-state index contributed by atoms with van der Waals surface area (Å²) in [4.78, 5) is 26.2. The van der Waals surface area contributed by atoms with Crippen molar-refractivity contribution in [2.75, 3.05) is 11.5 Å². The van der Waals surface area contributed by atoms with Crippen LogP contribution in [-0.4, -0.2) is 23.6 Å². The molecular weight excluding hydrogens is 334 g/mol. The van der Waals surface area contributed by atoms with Gasteiger partial charge in [0.15, 0.2) is 0 Å². The van der Waals surface area contributed by atoms with Crippen LogP contribution in [0.25, 0.3) is 11.0 Å². The van der Waals surface area contributed by atoms with Gasteiger partial charge in [-0.1, -0.05) is 36.4 Å². The van der Waals surface area contributed by atoms with Crippen LogP contribution in [0.3, 0.4) is 0 Å². The molecule has 1 heterocycles. The van der Waals surface area contributed by atoms with Crippen LogP contribution in [0.2, 0.25) is 0 Å². The maximum Gasteiger partial charge on any atom is 0.376 e. The quantitative estimate of drug-likeness (QED) is 0.704. The molecule has 0 fully saturated rings. The Morgan fingerprint density at radius 3 is 2.50 bits per heavy atom. The highest BCUT2D eigenvalue weighted by atomic mass is 16.5. The zero-order valence-electron chi connectivity index (χ0n) is 14.6. The number of nitrogens with zero attached hydrogens (tertiary/aromatic N) is 1. The molecule has 6 heteroatoms. The van der Waals surface area contributed by atoms with E-state index in [1.54, 1.807) is 19.1 Å². The summed E-state index contributed by atoms with van der Waals surface area (Å²) in [6.07, 6.45) is 0. The highest BCUT2D eigenvalue weighted by molar-refractivity contribution is 6.11. The third-order valence-corrected chi connectivity index (χ3v) is 3.96. The minimum Gasteiger partial charge on any atom is -0.507 e. The molecule has 0 radical (unpaired) electrons. The zero-order chi connectivity index (χ0) is 18.7. The van der Waals surface area contributed by atoms with Gasteiger partial charge >= 0.3 is 5.97 Å². The van der Waals surface area contributed by atoms with Gasteiger partial charge in [-0.25, -0.2) is 4.79 Å². The van der Waals surface area contributed by atoms with E-state index in [-0.39, 0.29) is 36.3 Å². The predicted octanol–water partition coefficient (Wildman–Crippen LogP) is 3.87. The molecular formula is C20H19NO5. The van der Waals surface area contributed by atoms with E-state index in [1.165, 1.54) is 17.9 Å². The van der Waals surface area contributed by atoms with Crippen molar-refractivity contribution < 1.29 is 23.8 Å².